The molecule has 1 aromatic heterocycles. The van der Waals surface area contributed by atoms with Gasteiger partial charge in [0.05, 0.1) is 16.3 Å². The van der Waals surface area contributed by atoms with E-state index < -0.39 is 5.60 Å². The van der Waals surface area contributed by atoms with Crippen LogP contribution in [-0.4, -0.2) is 38.0 Å². The molecule has 1 N–H and O–H groups in total. The summed E-state index contributed by atoms with van der Waals surface area (Å²) in [4.78, 5) is 23.1. The summed E-state index contributed by atoms with van der Waals surface area (Å²) in [5.74, 6) is 0.955. The minimum Gasteiger partial charge on any atom is -0.444 e. The van der Waals surface area contributed by atoms with Crippen LogP contribution >= 0.6 is 27.7 Å². The van der Waals surface area contributed by atoms with Gasteiger partial charge in [-0.05, 0) is 63.6 Å². The molecule has 2 fully saturated rings. The standard InChI is InChI=1S/C22H24BrN3O2S/c1-21(2,3)28-20(27)26-11-5-4-10-22(26)18(29-22)19-24-16-9-6-13-12-14(23)7-8-15(13)17(16)25-19/h6-9,12,18H,4-5,10-11H2,1-3H3,(H,24,25)/t18?,22-/m0/s1. The van der Waals surface area contributed by atoms with E-state index in [2.05, 4.69) is 51.2 Å². The maximum Gasteiger partial charge on any atom is 0.411 e. The summed E-state index contributed by atoms with van der Waals surface area (Å²) < 4.78 is 6.77. The average molecular weight is 474 g/mol. The number of benzene rings is 2. The summed E-state index contributed by atoms with van der Waals surface area (Å²) in [5.41, 5.74) is 1.54. The van der Waals surface area contributed by atoms with Crippen LogP contribution in [0.2, 0.25) is 0 Å². The lowest BCUT2D eigenvalue weighted by Crippen LogP contribution is -2.48. The number of carbonyl (C=O) groups excluding carboxylic acids is 1. The molecule has 2 aliphatic rings. The quantitative estimate of drug-likeness (QED) is 0.416. The number of hydrogen-bond donors (Lipinski definition) is 1. The van der Waals surface area contributed by atoms with Crippen molar-refractivity contribution < 1.29 is 9.53 Å². The highest BCUT2D eigenvalue weighted by molar-refractivity contribution is 9.10. The Bertz CT molecular complexity index is 1120. The van der Waals surface area contributed by atoms with Gasteiger partial charge in [-0.1, -0.05) is 28.1 Å². The minimum absolute atomic E-state index is 0.160. The van der Waals surface area contributed by atoms with E-state index in [1.807, 2.05) is 37.4 Å². The number of piperidine rings is 1. The second kappa shape index (κ2) is 6.64. The van der Waals surface area contributed by atoms with Gasteiger partial charge in [0.2, 0.25) is 0 Å². The van der Waals surface area contributed by atoms with Crippen molar-refractivity contribution in [3.8, 4) is 0 Å². The lowest BCUT2D eigenvalue weighted by molar-refractivity contribution is 0.00897. The van der Waals surface area contributed by atoms with Crippen LogP contribution < -0.4 is 0 Å². The first kappa shape index (κ1) is 19.2. The molecule has 2 aromatic carbocycles. The number of hydrogen-bond acceptors (Lipinski definition) is 4. The Kier molecular flexibility index (Phi) is 4.41. The average Bonchev–Trinajstić information content (AvgIpc) is 3.17. The molecule has 1 amide bonds. The van der Waals surface area contributed by atoms with Gasteiger partial charge in [0.1, 0.15) is 16.3 Å². The van der Waals surface area contributed by atoms with E-state index >= 15 is 0 Å². The molecular formula is C22H24BrN3O2S. The predicted molar refractivity (Wildman–Crippen MR) is 121 cm³/mol. The molecule has 5 nitrogen and oxygen atoms in total. The summed E-state index contributed by atoms with van der Waals surface area (Å²) in [6.45, 7) is 6.50. The lowest BCUT2D eigenvalue weighted by Gasteiger charge is -2.36. The number of amides is 1. The van der Waals surface area contributed by atoms with Gasteiger partial charge in [-0.2, -0.15) is 0 Å². The molecular weight excluding hydrogens is 450 g/mol. The van der Waals surface area contributed by atoms with E-state index in [1.165, 1.54) is 0 Å². The summed E-state index contributed by atoms with van der Waals surface area (Å²) in [6.07, 6.45) is 2.92. The number of thioether (sulfide) groups is 1. The van der Waals surface area contributed by atoms with Crippen molar-refractivity contribution in [1.29, 1.82) is 0 Å². The molecule has 1 unspecified atom stereocenters. The lowest BCUT2D eigenvalue weighted by atomic mass is 9.99. The summed E-state index contributed by atoms with van der Waals surface area (Å²) in [6, 6.07) is 10.5. The van der Waals surface area contributed by atoms with Crippen molar-refractivity contribution in [2.75, 3.05) is 6.54 Å². The molecule has 7 heteroatoms. The van der Waals surface area contributed by atoms with Gasteiger partial charge in [0.25, 0.3) is 0 Å². The van der Waals surface area contributed by atoms with E-state index in [0.29, 0.717) is 0 Å². The van der Waals surface area contributed by atoms with E-state index in [1.54, 1.807) is 0 Å². The van der Waals surface area contributed by atoms with Crippen molar-refractivity contribution in [1.82, 2.24) is 14.9 Å². The zero-order chi connectivity index (χ0) is 20.4. The SMILES string of the molecule is CC(C)(C)OC(=O)N1CCCC[C@@]12SC2c1nc2c(ccc3cc(Br)ccc32)[nH]1. The molecule has 0 aliphatic carbocycles. The number of ether oxygens (including phenoxy) is 1. The first-order valence-corrected chi connectivity index (χ1v) is 11.7. The first-order valence-electron chi connectivity index (χ1n) is 10.0. The molecule has 2 aliphatic heterocycles. The number of imidazole rings is 1. The van der Waals surface area contributed by atoms with Gasteiger partial charge in [0.15, 0.2) is 0 Å². The number of halogens is 1. The maximum atomic E-state index is 12.9. The van der Waals surface area contributed by atoms with Crippen molar-refractivity contribution in [2.24, 2.45) is 0 Å². The van der Waals surface area contributed by atoms with Crippen LogP contribution in [0.3, 0.4) is 0 Å². The van der Waals surface area contributed by atoms with E-state index in [0.717, 1.165) is 57.9 Å². The highest BCUT2D eigenvalue weighted by Gasteiger charge is 2.64. The second-order valence-electron chi connectivity index (χ2n) is 8.88. The van der Waals surface area contributed by atoms with Crippen molar-refractivity contribution in [3.05, 3.63) is 40.6 Å². The Labute approximate surface area is 182 Å². The third-order valence-electron chi connectivity index (χ3n) is 5.61. The summed E-state index contributed by atoms with van der Waals surface area (Å²) in [7, 11) is 0. The number of carbonyl (C=O) groups is 1. The smallest absolute Gasteiger partial charge is 0.411 e. The largest absolute Gasteiger partial charge is 0.444 e. The summed E-state index contributed by atoms with van der Waals surface area (Å²) in [5, 5.41) is 2.46. The number of nitrogens with one attached hydrogen (secondary N) is 1. The number of fused-ring (bicyclic) bond motifs is 3. The number of aromatic amines is 1. The van der Waals surface area contributed by atoms with Crippen LogP contribution in [0.25, 0.3) is 21.8 Å². The van der Waals surface area contributed by atoms with Crippen molar-refractivity contribution in [2.45, 2.75) is 55.8 Å². The molecule has 0 radical (unpaired) electrons. The Morgan fingerprint density at radius 1 is 1.31 bits per heavy atom. The third-order valence-corrected chi connectivity index (χ3v) is 7.77. The fourth-order valence-corrected chi connectivity index (χ4v) is 6.14. The zero-order valence-corrected chi connectivity index (χ0v) is 19.2. The molecule has 5 rings (SSSR count). The second-order valence-corrected chi connectivity index (χ2v) is 11.2. The van der Waals surface area contributed by atoms with Gasteiger partial charge in [-0.15, -0.1) is 11.8 Å². The van der Waals surface area contributed by atoms with Gasteiger partial charge < -0.3 is 9.72 Å². The van der Waals surface area contributed by atoms with Crippen LogP contribution in [0.4, 0.5) is 4.79 Å². The Morgan fingerprint density at radius 2 is 2.14 bits per heavy atom. The molecule has 0 saturated carbocycles. The van der Waals surface area contributed by atoms with Gasteiger partial charge in [0, 0.05) is 16.4 Å². The Morgan fingerprint density at radius 3 is 2.93 bits per heavy atom. The monoisotopic (exact) mass is 473 g/mol. The maximum absolute atomic E-state index is 12.9. The first-order chi connectivity index (χ1) is 13.8. The van der Waals surface area contributed by atoms with Crippen LogP contribution in [0, 0.1) is 0 Å². The van der Waals surface area contributed by atoms with Crippen molar-refractivity contribution >= 4 is 55.6 Å². The predicted octanol–water partition coefficient (Wildman–Crippen LogP) is 6.38. The fourth-order valence-electron chi connectivity index (χ4n) is 4.29. The summed E-state index contributed by atoms with van der Waals surface area (Å²) >= 11 is 5.37. The van der Waals surface area contributed by atoms with E-state index in [-0.39, 0.29) is 16.2 Å². The molecule has 2 saturated heterocycles. The highest BCUT2D eigenvalue weighted by Crippen LogP contribution is 2.69. The zero-order valence-electron chi connectivity index (χ0n) is 16.8. The third kappa shape index (κ3) is 3.32. The topological polar surface area (TPSA) is 58.2 Å². The minimum atomic E-state index is -0.489. The molecule has 152 valence electrons. The van der Waals surface area contributed by atoms with Crippen LogP contribution in [-0.2, 0) is 4.74 Å². The molecule has 1 spiro atoms. The van der Waals surface area contributed by atoms with Crippen LogP contribution in [0.5, 0.6) is 0 Å². The molecule has 29 heavy (non-hydrogen) atoms. The number of rotatable bonds is 1. The molecule has 3 heterocycles. The van der Waals surface area contributed by atoms with Crippen LogP contribution in [0.15, 0.2) is 34.8 Å². The van der Waals surface area contributed by atoms with Gasteiger partial charge in [-0.3, -0.25) is 4.90 Å². The number of likely N-dealkylation sites (tertiary alicyclic amines) is 1. The molecule has 0 bridgehead atoms. The van der Waals surface area contributed by atoms with Gasteiger partial charge >= 0.3 is 6.09 Å². The van der Waals surface area contributed by atoms with E-state index in [9.17, 15) is 4.79 Å². The van der Waals surface area contributed by atoms with Crippen LogP contribution in [0.1, 0.15) is 51.1 Å². The van der Waals surface area contributed by atoms with Gasteiger partial charge in [-0.25, -0.2) is 9.78 Å². The highest BCUT2D eigenvalue weighted by atomic mass is 79.9. The molecule has 3 aromatic rings. The Balaban J connectivity index is 1.49. The fraction of sp³-hybridized carbons (Fsp3) is 0.455. The number of aromatic nitrogens is 2. The normalized spacial score (nSPS) is 24.4. The Hall–Kier alpha value is -1.73. The van der Waals surface area contributed by atoms with Crippen molar-refractivity contribution in [3.63, 3.8) is 0 Å². The number of H-pyrrole nitrogens is 1. The molecule has 2 atom stereocenters. The van der Waals surface area contributed by atoms with E-state index in [4.69, 9.17) is 9.72 Å². The number of nitrogens with zero attached hydrogens (tertiary/aromatic N) is 2.